The van der Waals surface area contributed by atoms with Crippen molar-refractivity contribution in [2.45, 2.75) is 0 Å². The van der Waals surface area contributed by atoms with Gasteiger partial charge >= 0.3 is 5.97 Å². The summed E-state index contributed by atoms with van der Waals surface area (Å²) in [6, 6.07) is 12.2. The van der Waals surface area contributed by atoms with Crippen molar-refractivity contribution in [3.05, 3.63) is 67.2 Å². The predicted molar refractivity (Wildman–Crippen MR) is 94.7 cm³/mol. The Morgan fingerprint density at radius 2 is 1.70 bits per heavy atom. The zero-order valence-electron chi connectivity index (χ0n) is 11.9. The molecule has 0 saturated carbocycles. The minimum atomic E-state index is -0.724. The normalized spacial score (nSPS) is 10.7. The fourth-order valence-corrected chi connectivity index (χ4v) is 2.88. The summed E-state index contributed by atoms with van der Waals surface area (Å²) in [4.78, 5) is 24.9. The molecule has 0 unspecified atom stereocenters. The molecule has 0 aliphatic rings. The number of benzene rings is 2. The molecule has 23 heavy (non-hydrogen) atoms. The van der Waals surface area contributed by atoms with Gasteiger partial charge in [-0.15, -0.1) is 0 Å². The minimum absolute atomic E-state index is 0.111. The number of halogens is 2. The molecule has 0 N–H and O–H groups in total. The van der Waals surface area contributed by atoms with Crippen LogP contribution in [0.1, 0.15) is 10.4 Å². The Morgan fingerprint density at radius 3 is 2.35 bits per heavy atom. The van der Waals surface area contributed by atoms with Gasteiger partial charge in [-0.05, 0) is 30.3 Å². The molecular weight excluding hydrogens is 428 g/mol. The van der Waals surface area contributed by atoms with Gasteiger partial charge < -0.3 is 9.15 Å². The van der Waals surface area contributed by atoms with Crippen molar-refractivity contribution >= 4 is 48.8 Å². The zero-order chi connectivity index (χ0) is 16.6. The number of carbonyl (C=O) groups excluding carboxylic acids is 1. The average Bonchev–Trinajstić information content (AvgIpc) is 2.55. The molecule has 3 aromatic rings. The van der Waals surface area contributed by atoms with Crippen LogP contribution in [0, 0.1) is 0 Å². The summed E-state index contributed by atoms with van der Waals surface area (Å²) in [5.74, 6) is -0.525. The summed E-state index contributed by atoms with van der Waals surface area (Å²) < 4.78 is 12.2. The highest BCUT2D eigenvalue weighted by Crippen LogP contribution is 2.28. The number of hydrogen-bond donors (Lipinski definition) is 0. The van der Waals surface area contributed by atoms with E-state index in [1.807, 2.05) is 12.1 Å². The van der Waals surface area contributed by atoms with Crippen LogP contribution in [-0.4, -0.2) is 13.1 Å². The van der Waals surface area contributed by atoms with E-state index in [2.05, 4.69) is 31.9 Å². The van der Waals surface area contributed by atoms with Gasteiger partial charge in [0.05, 0.1) is 12.5 Å². The van der Waals surface area contributed by atoms with Crippen LogP contribution in [0.15, 0.2) is 60.6 Å². The Balaban J connectivity index is 2.39. The highest BCUT2D eigenvalue weighted by atomic mass is 79.9. The van der Waals surface area contributed by atoms with Gasteiger partial charge in [-0.25, -0.2) is 4.79 Å². The molecule has 0 aliphatic heterocycles. The van der Waals surface area contributed by atoms with Crippen molar-refractivity contribution < 1.29 is 13.9 Å². The molecule has 0 atom stereocenters. The summed E-state index contributed by atoms with van der Waals surface area (Å²) >= 11 is 6.67. The molecule has 1 heterocycles. The molecule has 1 aromatic heterocycles. The van der Waals surface area contributed by atoms with Gasteiger partial charge in [0.1, 0.15) is 5.58 Å². The maximum atomic E-state index is 12.8. The third-order valence-electron chi connectivity index (χ3n) is 3.35. The Kier molecular flexibility index (Phi) is 4.37. The van der Waals surface area contributed by atoms with E-state index in [0.717, 1.165) is 8.95 Å². The summed E-state index contributed by atoms with van der Waals surface area (Å²) in [5, 5.41) is 0.320. The van der Waals surface area contributed by atoms with Gasteiger partial charge in [0.15, 0.2) is 11.3 Å². The average molecular weight is 438 g/mol. The number of hydrogen-bond acceptors (Lipinski definition) is 4. The molecule has 4 nitrogen and oxygen atoms in total. The monoisotopic (exact) mass is 436 g/mol. The van der Waals surface area contributed by atoms with E-state index < -0.39 is 11.4 Å². The van der Waals surface area contributed by atoms with E-state index in [1.165, 1.54) is 7.11 Å². The van der Waals surface area contributed by atoms with Gasteiger partial charge in [0.25, 0.3) is 0 Å². The first kappa shape index (κ1) is 16.0. The molecule has 0 radical (unpaired) electrons. The SMILES string of the molecule is COC(=O)c1c(-c2ccc(Br)cc2)oc2ccc(Br)cc2c1=O. The molecular formula is C17H10Br2O4. The lowest BCUT2D eigenvalue weighted by atomic mass is 10.0. The molecule has 0 amide bonds. The van der Waals surface area contributed by atoms with Gasteiger partial charge in [0.2, 0.25) is 5.43 Å². The molecule has 6 heteroatoms. The number of methoxy groups -OCH3 is 1. The molecule has 0 fully saturated rings. The quantitative estimate of drug-likeness (QED) is 0.541. The summed E-state index contributed by atoms with van der Waals surface area (Å²) in [7, 11) is 1.23. The third-order valence-corrected chi connectivity index (χ3v) is 4.37. The van der Waals surface area contributed by atoms with Gasteiger partial charge in [0, 0.05) is 14.5 Å². The zero-order valence-corrected chi connectivity index (χ0v) is 15.1. The molecule has 116 valence electrons. The lowest BCUT2D eigenvalue weighted by Crippen LogP contribution is -2.18. The fourth-order valence-electron chi connectivity index (χ4n) is 2.26. The molecule has 0 aliphatic carbocycles. The maximum absolute atomic E-state index is 12.8. The van der Waals surface area contributed by atoms with Crippen LogP contribution in [0.5, 0.6) is 0 Å². The Labute approximate surface area is 148 Å². The van der Waals surface area contributed by atoms with E-state index in [1.54, 1.807) is 30.3 Å². The van der Waals surface area contributed by atoms with Crippen LogP contribution < -0.4 is 5.43 Å². The van der Waals surface area contributed by atoms with E-state index in [4.69, 9.17) is 9.15 Å². The molecule has 0 bridgehead atoms. The Hall–Kier alpha value is -1.92. The number of ether oxygens (including phenoxy) is 1. The van der Waals surface area contributed by atoms with Crippen molar-refractivity contribution in [3.8, 4) is 11.3 Å². The van der Waals surface area contributed by atoms with Crippen molar-refractivity contribution in [2.24, 2.45) is 0 Å². The summed E-state index contributed by atoms with van der Waals surface area (Å²) in [6.07, 6.45) is 0. The molecule has 0 spiro atoms. The molecule has 0 saturated heterocycles. The predicted octanol–water partition coefficient (Wildman–Crippen LogP) is 4.77. The number of esters is 1. The molecule has 3 rings (SSSR count). The van der Waals surface area contributed by atoms with E-state index in [0.29, 0.717) is 16.5 Å². The smallest absolute Gasteiger partial charge is 0.345 e. The van der Waals surface area contributed by atoms with Crippen molar-refractivity contribution in [1.82, 2.24) is 0 Å². The highest BCUT2D eigenvalue weighted by Gasteiger charge is 2.23. The van der Waals surface area contributed by atoms with Crippen LogP contribution in [0.25, 0.3) is 22.3 Å². The van der Waals surface area contributed by atoms with Crippen LogP contribution in [0.3, 0.4) is 0 Å². The first-order valence-electron chi connectivity index (χ1n) is 6.62. The van der Waals surface area contributed by atoms with Crippen LogP contribution in [0.2, 0.25) is 0 Å². The maximum Gasteiger partial charge on any atom is 0.345 e. The summed E-state index contributed by atoms with van der Waals surface area (Å²) in [6.45, 7) is 0. The lowest BCUT2D eigenvalue weighted by Gasteiger charge is -2.09. The van der Waals surface area contributed by atoms with Crippen LogP contribution in [-0.2, 0) is 4.74 Å². The fraction of sp³-hybridized carbons (Fsp3) is 0.0588. The topological polar surface area (TPSA) is 56.5 Å². The number of rotatable bonds is 2. The van der Waals surface area contributed by atoms with Crippen LogP contribution >= 0.6 is 31.9 Å². The third kappa shape index (κ3) is 2.96. The van der Waals surface area contributed by atoms with Gasteiger partial charge in [-0.3, -0.25) is 4.79 Å². The number of fused-ring (bicyclic) bond motifs is 1. The second-order valence-electron chi connectivity index (χ2n) is 4.77. The van der Waals surface area contributed by atoms with E-state index in [9.17, 15) is 9.59 Å². The van der Waals surface area contributed by atoms with Crippen molar-refractivity contribution in [1.29, 1.82) is 0 Å². The Morgan fingerprint density at radius 1 is 1.04 bits per heavy atom. The highest BCUT2D eigenvalue weighted by molar-refractivity contribution is 9.10. The molecule has 2 aromatic carbocycles. The van der Waals surface area contributed by atoms with Crippen molar-refractivity contribution in [3.63, 3.8) is 0 Å². The first-order chi connectivity index (χ1) is 11.0. The Bertz CT molecular complexity index is 959. The van der Waals surface area contributed by atoms with Crippen molar-refractivity contribution in [2.75, 3.05) is 7.11 Å². The van der Waals surface area contributed by atoms with Gasteiger partial charge in [-0.1, -0.05) is 44.0 Å². The lowest BCUT2D eigenvalue weighted by molar-refractivity contribution is 0.0598. The largest absolute Gasteiger partial charge is 0.465 e. The second-order valence-corrected chi connectivity index (χ2v) is 6.61. The second kappa shape index (κ2) is 6.29. The standard InChI is InChI=1S/C17H10Br2O4/c1-22-17(21)14-15(20)12-8-11(19)6-7-13(12)23-16(14)9-2-4-10(18)5-3-9/h2-8H,1H3. The minimum Gasteiger partial charge on any atom is -0.465 e. The number of carbonyl (C=O) groups is 1. The van der Waals surface area contributed by atoms with Gasteiger partial charge in [-0.2, -0.15) is 0 Å². The van der Waals surface area contributed by atoms with E-state index in [-0.39, 0.29) is 11.3 Å². The van der Waals surface area contributed by atoms with E-state index >= 15 is 0 Å². The summed E-state index contributed by atoms with van der Waals surface area (Å²) in [5.41, 5.74) is 0.497. The first-order valence-corrected chi connectivity index (χ1v) is 8.20. The van der Waals surface area contributed by atoms with Crippen LogP contribution in [0.4, 0.5) is 0 Å².